The van der Waals surface area contributed by atoms with E-state index in [1.54, 1.807) is 14.2 Å². The molecule has 0 N–H and O–H groups in total. The monoisotopic (exact) mass is 310 g/mol. The molecule has 2 nitrogen and oxygen atoms in total. The van der Waals surface area contributed by atoms with Crippen molar-refractivity contribution in [1.29, 1.82) is 0 Å². The van der Waals surface area contributed by atoms with Gasteiger partial charge < -0.3 is 9.47 Å². The summed E-state index contributed by atoms with van der Waals surface area (Å²) in [4.78, 5) is 0. The van der Waals surface area contributed by atoms with Gasteiger partial charge >= 0.3 is 0 Å². The van der Waals surface area contributed by atoms with Gasteiger partial charge in [-0.15, -0.1) is 0 Å². The molecule has 0 saturated heterocycles. The van der Waals surface area contributed by atoms with Crippen LogP contribution in [0.2, 0.25) is 0 Å². The highest BCUT2D eigenvalue weighted by Crippen LogP contribution is 2.45. The highest BCUT2D eigenvalue weighted by atomic mass is 16.5. The molecule has 2 heteroatoms. The third kappa shape index (κ3) is 2.60. The lowest BCUT2D eigenvalue weighted by Crippen LogP contribution is -2.29. The third-order valence-electron chi connectivity index (χ3n) is 5.43. The molecule has 0 saturated carbocycles. The van der Waals surface area contributed by atoms with E-state index in [9.17, 15) is 0 Å². The van der Waals surface area contributed by atoms with Crippen LogP contribution >= 0.6 is 0 Å². The van der Waals surface area contributed by atoms with Gasteiger partial charge in [0.2, 0.25) is 0 Å². The maximum Gasteiger partial charge on any atom is 0.113 e. The van der Waals surface area contributed by atoms with E-state index in [1.165, 1.54) is 22.3 Å². The first kappa shape index (κ1) is 16.2. The molecule has 3 unspecified atom stereocenters. The van der Waals surface area contributed by atoms with Gasteiger partial charge in [-0.05, 0) is 28.2 Å². The van der Waals surface area contributed by atoms with Crippen LogP contribution < -0.4 is 0 Å². The second-order valence-electron chi connectivity index (χ2n) is 6.96. The highest BCUT2D eigenvalue weighted by molar-refractivity contribution is 5.84. The van der Waals surface area contributed by atoms with Crippen molar-refractivity contribution in [3.05, 3.63) is 65.3 Å². The first-order chi connectivity index (χ1) is 11.0. The minimum absolute atomic E-state index is 0.0488. The number of allylic oxidation sites excluding steroid dienone is 4. The average molecular weight is 310 g/mol. The fraction of sp³-hybridized carbons (Fsp3) is 0.429. The van der Waals surface area contributed by atoms with Gasteiger partial charge in [0.15, 0.2) is 0 Å². The Morgan fingerprint density at radius 3 is 2.26 bits per heavy atom. The molecule has 1 aromatic carbocycles. The zero-order chi connectivity index (χ0) is 16.6. The zero-order valence-corrected chi connectivity index (χ0v) is 14.7. The molecule has 2 aliphatic rings. The van der Waals surface area contributed by atoms with E-state index in [2.05, 4.69) is 69.3 Å². The molecule has 0 bridgehead atoms. The number of methoxy groups -OCH3 is 2. The molecular weight excluding hydrogens is 284 g/mol. The molecule has 0 aromatic heterocycles. The van der Waals surface area contributed by atoms with Crippen LogP contribution in [0, 0.1) is 11.3 Å². The maximum absolute atomic E-state index is 5.84. The van der Waals surface area contributed by atoms with Crippen LogP contribution in [0.3, 0.4) is 0 Å². The van der Waals surface area contributed by atoms with Crippen molar-refractivity contribution >= 4 is 5.57 Å². The average Bonchev–Trinajstić information content (AvgIpc) is 2.74. The van der Waals surface area contributed by atoms with E-state index >= 15 is 0 Å². The van der Waals surface area contributed by atoms with E-state index in [1.807, 2.05) is 0 Å². The molecule has 2 aliphatic carbocycles. The molecule has 3 rings (SSSR count). The topological polar surface area (TPSA) is 18.5 Å². The van der Waals surface area contributed by atoms with E-state index in [-0.39, 0.29) is 17.6 Å². The SMILES string of the molecule is COC1C2=C(C=CC(C)(C(C)C)C=C2)c2ccccc2C1OC. The molecule has 0 spiro atoms. The van der Waals surface area contributed by atoms with Gasteiger partial charge in [0, 0.05) is 19.6 Å². The molecule has 1 aromatic rings. The summed E-state index contributed by atoms with van der Waals surface area (Å²) in [5.41, 5.74) is 4.95. The Kier molecular flexibility index (Phi) is 4.31. The van der Waals surface area contributed by atoms with Crippen molar-refractivity contribution in [2.75, 3.05) is 14.2 Å². The smallest absolute Gasteiger partial charge is 0.113 e. The van der Waals surface area contributed by atoms with E-state index in [0.29, 0.717) is 5.92 Å². The van der Waals surface area contributed by atoms with Gasteiger partial charge in [0.25, 0.3) is 0 Å². The zero-order valence-electron chi connectivity index (χ0n) is 14.7. The van der Waals surface area contributed by atoms with E-state index in [4.69, 9.17) is 9.47 Å². The lowest BCUT2D eigenvalue weighted by atomic mass is 9.79. The summed E-state index contributed by atoms with van der Waals surface area (Å²) >= 11 is 0. The second-order valence-corrected chi connectivity index (χ2v) is 6.96. The van der Waals surface area contributed by atoms with Crippen LogP contribution in [-0.4, -0.2) is 20.3 Å². The Labute approximate surface area is 139 Å². The molecular formula is C21H26O2. The quantitative estimate of drug-likeness (QED) is 0.787. The molecule has 23 heavy (non-hydrogen) atoms. The predicted molar refractivity (Wildman–Crippen MR) is 95.1 cm³/mol. The van der Waals surface area contributed by atoms with Crippen LogP contribution in [0.15, 0.2) is 54.1 Å². The number of rotatable bonds is 3. The van der Waals surface area contributed by atoms with Gasteiger partial charge in [0.05, 0.1) is 0 Å². The summed E-state index contributed by atoms with van der Waals surface area (Å²) in [7, 11) is 3.52. The summed E-state index contributed by atoms with van der Waals surface area (Å²) in [6, 6.07) is 8.48. The minimum Gasteiger partial charge on any atom is -0.374 e. The molecule has 0 aliphatic heterocycles. The van der Waals surface area contributed by atoms with E-state index < -0.39 is 0 Å². The fourth-order valence-electron chi connectivity index (χ4n) is 3.47. The summed E-state index contributed by atoms with van der Waals surface area (Å²) in [5, 5.41) is 0. The van der Waals surface area contributed by atoms with E-state index in [0.717, 1.165) is 0 Å². The Balaban J connectivity index is 2.19. The Bertz CT molecular complexity index is 681. The van der Waals surface area contributed by atoms with Gasteiger partial charge in [-0.1, -0.05) is 69.3 Å². The van der Waals surface area contributed by atoms with Crippen LogP contribution in [0.1, 0.15) is 38.0 Å². The molecule has 3 atom stereocenters. The molecule has 0 amide bonds. The van der Waals surface area contributed by atoms with Gasteiger partial charge in [-0.2, -0.15) is 0 Å². The van der Waals surface area contributed by atoms with Crippen molar-refractivity contribution in [3.63, 3.8) is 0 Å². The minimum atomic E-state index is -0.0830. The number of hydrogen-bond acceptors (Lipinski definition) is 2. The van der Waals surface area contributed by atoms with Crippen LogP contribution in [0.4, 0.5) is 0 Å². The van der Waals surface area contributed by atoms with Crippen molar-refractivity contribution < 1.29 is 9.47 Å². The second kappa shape index (κ2) is 6.10. The Morgan fingerprint density at radius 1 is 0.957 bits per heavy atom. The molecule has 0 radical (unpaired) electrons. The predicted octanol–water partition coefficient (Wildman–Crippen LogP) is 4.94. The maximum atomic E-state index is 5.84. The standard InChI is InChI=1S/C21H26O2/c1-14(2)21(3)12-10-16-15-8-6-7-9-17(15)19(22-4)20(23-5)18(16)11-13-21/h6-14,19-20H,1-5H3. The summed E-state index contributed by atoms with van der Waals surface area (Å²) in [5.74, 6) is 0.533. The summed E-state index contributed by atoms with van der Waals surface area (Å²) in [6.45, 7) is 6.81. The molecule has 0 heterocycles. The fourth-order valence-corrected chi connectivity index (χ4v) is 3.47. The van der Waals surface area contributed by atoms with Gasteiger partial charge in [-0.3, -0.25) is 0 Å². The Hall–Kier alpha value is -1.64. The lowest BCUT2D eigenvalue weighted by molar-refractivity contribution is -0.0183. The van der Waals surface area contributed by atoms with Crippen LogP contribution in [-0.2, 0) is 9.47 Å². The Morgan fingerprint density at radius 2 is 1.61 bits per heavy atom. The number of ether oxygens (including phenoxy) is 2. The van der Waals surface area contributed by atoms with Crippen LogP contribution in [0.5, 0.6) is 0 Å². The van der Waals surface area contributed by atoms with Crippen molar-refractivity contribution in [2.24, 2.45) is 11.3 Å². The highest BCUT2D eigenvalue weighted by Gasteiger charge is 2.36. The van der Waals surface area contributed by atoms with Crippen molar-refractivity contribution in [3.8, 4) is 0 Å². The first-order valence-corrected chi connectivity index (χ1v) is 8.29. The van der Waals surface area contributed by atoms with Crippen molar-refractivity contribution in [1.82, 2.24) is 0 Å². The number of benzene rings is 1. The van der Waals surface area contributed by atoms with Crippen LogP contribution in [0.25, 0.3) is 5.57 Å². The summed E-state index contributed by atoms with van der Waals surface area (Å²) in [6.07, 6.45) is 8.99. The normalized spacial score (nSPS) is 29.5. The number of fused-ring (bicyclic) bond motifs is 2. The lowest BCUT2D eigenvalue weighted by Gasteiger charge is -2.33. The summed E-state index contributed by atoms with van der Waals surface area (Å²) < 4.78 is 11.6. The van der Waals surface area contributed by atoms with Crippen molar-refractivity contribution in [2.45, 2.75) is 33.0 Å². The molecule has 122 valence electrons. The third-order valence-corrected chi connectivity index (χ3v) is 5.43. The molecule has 0 fully saturated rings. The number of hydrogen-bond donors (Lipinski definition) is 0. The van der Waals surface area contributed by atoms with Gasteiger partial charge in [0.1, 0.15) is 12.2 Å². The first-order valence-electron chi connectivity index (χ1n) is 8.29. The largest absolute Gasteiger partial charge is 0.374 e. The van der Waals surface area contributed by atoms with Gasteiger partial charge in [-0.25, -0.2) is 0 Å².